The van der Waals surface area contributed by atoms with E-state index >= 15 is 0 Å². The van der Waals surface area contributed by atoms with Gasteiger partial charge in [0.15, 0.2) is 0 Å². The van der Waals surface area contributed by atoms with Crippen LogP contribution >= 0.6 is 11.3 Å². The first-order valence-corrected chi connectivity index (χ1v) is 9.48. The van der Waals surface area contributed by atoms with Crippen molar-refractivity contribution < 1.29 is 9.47 Å². The Balaban J connectivity index is 1.34. The van der Waals surface area contributed by atoms with Crippen molar-refractivity contribution in [3.8, 4) is 5.75 Å². The fraction of sp³-hybridized carbons (Fsp3) is 0.333. The van der Waals surface area contributed by atoms with Gasteiger partial charge in [0.2, 0.25) is 0 Å². The molecule has 4 heteroatoms. The molecule has 1 heterocycles. The topological polar surface area (TPSA) is 21.7 Å². The molecule has 0 bridgehead atoms. The Kier molecular flexibility index (Phi) is 6.45. The Bertz CT molecular complexity index is 782. The molecule has 0 saturated carbocycles. The van der Waals surface area contributed by atoms with Gasteiger partial charge >= 0.3 is 0 Å². The third kappa shape index (κ3) is 5.30. The highest BCUT2D eigenvalue weighted by molar-refractivity contribution is 7.17. The highest BCUT2D eigenvalue weighted by Gasteiger charge is 2.02. The first kappa shape index (κ1) is 17.9. The lowest BCUT2D eigenvalue weighted by atomic mass is 10.1. The minimum Gasteiger partial charge on any atom is -0.497 e. The molecule has 0 spiro atoms. The number of nitrogens with zero attached hydrogens (tertiary/aromatic N) is 1. The van der Waals surface area contributed by atoms with Crippen molar-refractivity contribution in [2.45, 2.75) is 13.0 Å². The molecule has 3 rings (SSSR count). The summed E-state index contributed by atoms with van der Waals surface area (Å²) < 4.78 is 12.4. The standard InChI is InChI=1S/C21H25NO2S/c1-22(16-18-3-6-20(23-2)7-4-18)11-13-24-12-9-17-5-8-21-19(15-17)10-14-25-21/h3-8,10,14-15H,9,11-13,16H2,1-2H3. The molecule has 0 fully saturated rings. The van der Waals surface area contributed by atoms with E-state index in [1.165, 1.54) is 21.2 Å². The fourth-order valence-electron chi connectivity index (χ4n) is 2.81. The van der Waals surface area contributed by atoms with Gasteiger partial charge in [-0.1, -0.05) is 24.3 Å². The summed E-state index contributed by atoms with van der Waals surface area (Å²) in [4.78, 5) is 2.28. The normalized spacial score (nSPS) is 11.3. The van der Waals surface area contributed by atoms with E-state index in [-0.39, 0.29) is 0 Å². The minimum absolute atomic E-state index is 0.757. The van der Waals surface area contributed by atoms with Crippen LogP contribution in [0.15, 0.2) is 53.9 Å². The number of hydrogen-bond donors (Lipinski definition) is 0. The maximum Gasteiger partial charge on any atom is 0.118 e. The van der Waals surface area contributed by atoms with E-state index < -0.39 is 0 Å². The fourth-order valence-corrected chi connectivity index (χ4v) is 3.58. The van der Waals surface area contributed by atoms with Gasteiger partial charge in [-0.05, 0) is 59.6 Å². The average molecular weight is 356 g/mol. The Morgan fingerprint density at radius 2 is 1.76 bits per heavy atom. The lowest BCUT2D eigenvalue weighted by molar-refractivity contribution is 0.112. The monoisotopic (exact) mass is 355 g/mol. The van der Waals surface area contributed by atoms with Gasteiger partial charge in [0.05, 0.1) is 20.3 Å². The maximum atomic E-state index is 5.82. The van der Waals surface area contributed by atoms with Crippen molar-refractivity contribution in [3.63, 3.8) is 0 Å². The zero-order valence-corrected chi connectivity index (χ0v) is 15.7. The van der Waals surface area contributed by atoms with Crippen molar-refractivity contribution in [3.05, 3.63) is 65.0 Å². The predicted molar refractivity (Wildman–Crippen MR) is 106 cm³/mol. The Morgan fingerprint density at radius 3 is 2.56 bits per heavy atom. The summed E-state index contributed by atoms with van der Waals surface area (Å²) in [5.41, 5.74) is 2.63. The molecular formula is C21H25NO2S. The number of fused-ring (bicyclic) bond motifs is 1. The van der Waals surface area contributed by atoms with Crippen molar-refractivity contribution in [1.82, 2.24) is 4.90 Å². The number of methoxy groups -OCH3 is 1. The Labute approximate surface area is 153 Å². The first-order chi connectivity index (χ1) is 12.2. The largest absolute Gasteiger partial charge is 0.497 e. The van der Waals surface area contributed by atoms with Crippen molar-refractivity contribution in [2.75, 3.05) is 33.9 Å². The van der Waals surface area contributed by atoms with Crippen LogP contribution in [-0.2, 0) is 17.7 Å². The molecular weight excluding hydrogens is 330 g/mol. The van der Waals surface area contributed by atoms with Crippen LogP contribution in [0.3, 0.4) is 0 Å². The average Bonchev–Trinajstić information content (AvgIpc) is 3.10. The van der Waals surface area contributed by atoms with Gasteiger partial charge < -0.3 is 9.47 Å². The van der Waals surface area contributed by atoms with Gasteiger partial charge in [0.1, 0.15) is 5.75 Å². The van der Waals surface area contributed by atoms with Crippen LogP contribution in [0, 0.1) is 0 Å². The van der Waals surface area contributed by atoms with E-state index in [1.54, 1.807) is 18.4 Å². The maximum absolute atomic E-state index is 5.82. The molecule has 0 unspecified atom stereocenters. The van der Waals surface area contributed by atoms with E-state index in [4.69, 9.17) is 9.47 Å². The van der Waals surface area contributed by atoms with Crippen molar-refractivity contribution >= 4 is 21.4 Å². The van der Waals surface area contributed by atoms with Crippen LogP contribution in [-0.4, -0.2) is 38.8 Å². The van der Waals surface area contributed by atoms with E-state index in [9.17, 15) is 0 Å². The highest BCUT2D eigenvalue weighted by Crippen LogP contribution is 2.21. The molecule has 0 aliphatic heterocycles. The van der Waals surface area contributed by atoms with Gasteiger partial charge in [-0.15, -0.1) is 11.3 Å². The lowest BCUT2D eigenvalue weighted by Gasteiger charge is -2.17. The van der Waals surface area contributed by atoms with Crippen LogP contribution in [0.5, 0.6) is 5.75 Å². The Morgan fingerprint density at radius 1 is 0.960 bits per heavy atom. The van der Waals surface area contributed by atoms with Crippen LogP contribution in [0.2, 0.25) is 0 Å². The van der Waals surface area contributed by atoms with Crippen LogP contribution in [0.4, 0.5) is 0 Å². The second kappa shape index (κ2) is 8.99. The van der Waals surface area contributed by atoms with Gasteiger partial charge in [0.25, 0.3) is 0 Å². The number of hydrogen-bond acceptors (Lipinski definition) is 4. The van der Waals surface area contributed by atoms with E-state index in [0.29, 0.717) is 0 Å². The summed E-state index contributed by atoms with van der Waals surface area (Å²) in [6.07, 6.45) is 0.966. The molecule has 25 heavy (non-hydrogen) atoms. The first-order valence-electron chi connectivity index (χ1n) is 8.60. The Hall–Kier alpha value is -1.88. The highest BCUT2D eigenvalue weighted by atomic mass is 32.1. The van der Waals surface area contributed by atoms with Crippen molar-refractivity contribution in [1.29, 1.82) is 0 Å². The van der Waals surface area contributed by atoms with E-state index in [1.807, 2.05) is 12.1 Å². The van der Waals surface area contributed by atoms with Crippen LogP contribution in [0.1, 0.15) is 11.1 Å². The smallest absolute Gasteiger partial charge is 0.118 e. The molecule has 0 N–H and O–H groups in total. The minimum atomic E-state index is 0.757. The summed E-state index contributed by atoms with van der Waals surface area (Å²) >= 11 is 1.79. The van der Waals surface area contributed by atoms with Gasteiger partial charge in [-0.25, -0.2) is 0 Å². The van der Waals surface area contributed by atoms with Crippen molar-refractivity contribution in [2.24, 2.45) is 0 Å². The molecule has 0 aliphatic rings. The number of thiophene rings is 1. The number of benzene rings is 2. The summed E-state index contributed by atoms with van der Waals surface area (Å²) in [6, 6.07) is 17.1. The van der Waals surface area contributed by atoms with Gasteiger partial charge in [0, 0.05) is 17.8 Å². The molecule has 1 aromatic heterocycles. The molecule has 132 valence electrons. The summed E-state index contributed by atoms with van der Waals surface area (Å²) in [5, 5.41) is 3.48. The molecule has 3 nitrogen and oxygen atoms in total. The number of rotatable bonds is 9. The third-order valence-corrected chi connectivity index (χ3v) is 5.18. The molecule has 0 saturated heterocycles. The molecule has 0 aliphatic carbocycles. The third-order valence-electron chi connectivity index (χ3n) is 4.28. The van der Waals surface area contributed by atoms with Gasteiger partial charge in [-0.2, -0.15) is 0 Å². The summed E-state index contributed by atoms with van der Waals surface area (Å²) in [6.45, 7) is 3.37. The summed E-state index contributed by atoms with van der Waals surface area (Å²) in [7, 11) is 3.81. The lowest BCUT2D eigenvalue weighted by Crippen LogP contribution is -2.23. The van der Waals surface area contributed by atoms with Crippen LogP contribution in [0.25, 0.3) is 10.1 Å². The molecule has 0 atom stereocenters. The molecule has 0 radical (unpaired) electrons. The summed E-state index contributed by atoms with van der Waals surface area (Å²) in [5.74, 6) is 0.898. The SMILES string of the molecule is COc1ccc(CN(C)CCOCCc2ccc3sccc3c2)cc1. The molecule has 0 amide bonds. The zero-order valence-electron chi connectivity index (χ0n) is 14.9. The molecule has 3 aromatic rings. The number of likely N-dealkylation sites (N-methyl/N-ethyl adjacent to an activating group) is 1. The van der Waals surface area contributed by atoms with E-state index in [0.717, 1.165) is 38.5 Å². The number of ether oxygens (including phenoxy) is 2. The zero-order chi connectivity index (χ0) is 17.5. The quantitative estimate of drug-likeness (QED) is 0.524. The van der Waals surface area contributed by atoms with Crippen LogP contribution < -0.4 is 4.74 Å². The molecule has 2 aromatic carbocycles. The van der Waals surface area contributed by atoms with Gasteiger partial charge in [-0.3, -0.25) is 4.90 Å². The van der Waals surface area contributed by atoms with E-state index in [2.05, 4.69) is 53.7 Å². The second-order valence-electron chi connectivity index (χ2n) is 6.24. The second-order valence-corrected chi connectivity index (χ2v) is 7.19. The predicted octanol–water partition coefficient (Wildman–Crippen LogP) is 4.60.